The van der Waals surface area contributed by atoms with E-state index in [0.29, 0.717) is 12.8 Å². The standard InChI is InChI=1S/C17H20N2O/c18-13-17(10-15(20)11-17)16-8-4-5-9-19(16)12-14-6-2-1-3-7-14/h1-3,6-7,16H,4-5,8-12H2. The van der Waals surface area contributed by atoms with E-state index in [1.54, 1.807) is 0 Å². The largest absolute Gasteiger partial charge is 0.300 e. The van der Waals surface area contributed by atoms with E-state index in [9.17, 15) is 10.1 Å². The summed E-state index contributed by atoms with van der Waals surface area (Å²) in [6.45, 7) is 1.93. The maximum atomic E-state index is 11.4. The predicted molar refractivity (Wildman–Crippen MR) is 76.8 cm³/mol. The lowest BCUT2D eigenvalue weighted by molar-refractivity contribution is -0.134. The Balaban J connectivity index is 1.78. The van der Waals surface area contributed by atoms with E-state index >= 15 is 0 Å². The summed E-state index contributed by atoms with van der Waals surface area (Å²) in [4.78, 5) is 13.8. The SMILES string of the molecule is N#CC1(C2CCCCN2Cc2ccccc2)CC(=O)C1. The summed E-state index contributed by atoms with van der Waals surface area (Å²) >= 11 is 0. The molecule has 3 nitrogen and oxygen atoms in total. The van der Waals surface area contributed by atoms with Crippen LogP contribution in [0.4, 0.5) is 0 Å². The second-order valence-electron chi connectivity index (χ2n) is 6.13. The minimum absolute atomic E-state index is 0.247. The molecule has 0 N–H and O–H groups in total. The number of carbonyl (C=O) groups excluding carboxylic acids is 1. The van der Waals surface area contributed by atoms with Gasteiger partial charge in [0.2, 0.25) is 0 Å². The average Bonchev–Trinajstić information content (AvgIpc) is 2.46. The van der Waals surface area contributed by atoms with Gasteiger partial charge >= 0.3 is 0 Å². The summed E-state index contributed by atoms with van der Waals surface area (Å²) in [5.74, 6) is 0.247. The molecule has 1 saturated carbocycles. The first-order valence-corrected chi connectivity index (χ1v) is 7.44. The monoisotopic (exact) mass is 268 g/mol. The van der Waals surface area contributed by atoms with Crippen LogP contribution in [0.2, 0.25) is 0 Å². The quantitative estimate of drug-likeness (QED) is 0.846. The molecule has 20 heavy (non-hydrogen) atoms. The second-order valence-corrected chi connectivity index (χ2v) is 6.13. The number of benzene rings is 1. The molecule has 1 saturated heterocycles. The Labute approximate surface area is 120 Å². The normalized spacial score (nSPS) is 25.8. The molecule has 1 aromatic rings. The molecule has 0 radical (unpaired) electrons. The first-order valence-electron chi connectivity index (χ1n) is 7.44. The summed E-state index contributed by atoms with van der Waals surface area (Å²) < 4.78 is 0. The van der Waals surface area contributed by atoms with Gasteiger partial charge in [0.05, 0.1) is 11.5 Å². The van der Waals surface area contributed by atoms with Gasteiger partial charge in [0.15, 0.2) is 0 Å². The van der Waals surface area contributed by atoms with Crippen LogP contribution in [0.25, 0.3) is 0 Å². The average molecular weight is 268 g/mol. The van der Waals surface area contributed by atoms with Crippen molar-refractivity contribution < 1.29 is 4.79 Å². The first kappa shape index (κ1) is 13.3. The second kappa shape index (κ2) is 5.38. The van der Waals surface area contributed by atoms with Gasteiger partial charge in [0.1, 0.15) is 5.78 Å². The van der Waals surface area contributed by atoms with Gasteiger partial charge in [-0.05, 0) is 24.9 Å². The van der Waals surface area contributed by atoms with Gasteiger partial charge in [-0.1, -0.05) is 36.8 Å². The van der Waals surface area contributed by atoms with Crippen molar-refractivity contribution in [3.8, 4) is 6.07 Å². The number of Topliss-reactive ketones (excluding diaryl/α,β-unsaturated/α-hetero) is 1. The van der Waals surface area contributed by atoms with Gasteiger partial charge in [-0.3, -0.25) is 9.69 Å². The molecule has 3 rings (SSSR count). The van der Waals surface area contributed by atoms with E-state index in [4.69, 9.17) is 0 Å². The van der Waals surface area contributed by atoms with Crippen molar-refractivity contribution in [2.45, 2.75) is 44.7 Å². The van der Waals surface area contributed by atoms with Crippen LogP contribution in [0.5, 0.6) is 0 Å². The van der Waals surface area contributed by atoms with Crippen molar-refractivity contribution in [1.82, 2.24) is 4.90 Å². The van der Waals surface area contributed by atoms with Gasteiger partial charge in [0, 0.05) is 25.4 Å². The summed E-state index contributed by atoms with van der Waals surface area (Å²) in [5.41, 5.74) is 0.880. The zero-order valence-electron chi connectivity index (χ0n) is 11.7. The lowest BCUT2D eigenvalue weighted by Crippen LogP contribution is -2.55. The third-order valence-corrected chi connectivity index (χ3v) is 4.73. The van der Waals surface area contributed by atoms with Crippen LogP contribution < -0.4 is 0 Å². The Morgan fingerprint density at radius 3 is 2.65 bits per heavy atom. The van der Waals surface area contributed by atoms with Gasteiger partial charge in [-0.25, -0.2) is 0 Å². The number of hydrogen-bond acceptors (Lipinski definition) is 3. The van der Waals surface area contributed by atoms with Crippen LogP contribution in [0, 0.1) is 16.7 Å². The zero-order valence-corrected chi connectivity index (χ0v) is 11.7. The van der Waals surface area contributed by atoms with Crippen molar-refractivity contribution in [2.24, 2.45) is 5.41 Å². The van der Waals surface area contributed by atoms with Crippen molar-refractivity contribution >= 4 is 5.78 Å². The van der Waals surface area contributed by atoms with Gasteiger partial charge in [-0.2, -0.15) is 5.26 Å². The van der Waals surface area contributed by atoms with Crippen LogP contribution in [0.3, 0.4) is 0 Å². The molecule has 0 aromatic heterocycles. The molecule has 2 aliphatic rings. The topological polar surface area (TPSA) is 44.1 Å². The molecule has 3 heteroatoms. The van der Waals surface area contributed by atoms with Crippen LogP contribution >= 0.6 is 0 Å². The van der Waals surface area contributed by atoms with Gasteiger partial charge in [-0.15, -0.1) is 0 Å². The minimum Gasteiger partial charge on any atom is -0.300 e. The summed E-state index contributed by atoms with van der Waals surface area (Å²) in [6, 6.07) is 13.1. The van der Waals surface area contributed by atoms with E-state index < -0.39 is 5.41 Å². The third-order valence-electron chi connectivity index (χ3n) is 4.73. The van der Waals surface area contributed by atoms with Crippen molar-refractivity contribution in [2.75, 3.05) is 6.54 Å². The summed E-state index contributed by atoms with van der Waals surface area (Å²) in [6.07, 6.45) is 4.33. The highest BCUT2D eigenvalue weighted by molar-refractivity contribution is 5.87. The Hall–Kier alpha value is -1.66. The van der Waals surface area contributed by atoms with E-state index in [2.05, 4.69) is 35.2 Å². The molecule has 0 bridgehead atoms. The fourth-order valence-corrected chi connectivity index (χ4v) is 3.67. The molecule has 1 aliphatic carbocycles. The molecule has 1 aromatic carbocycles. The number of carbonyl (C=O) groups is 1. The van der Waals surface area contributed by atoms with Crippen LogP contribution in [-0.4, -0.2) is 23.3 Å². The Bertz CT molecular complexity index is 524. The predicted octanol–water partition coefficient (Wildman–Crippen LogP) is 2.91. The Morgan fingerprint density at radius 2 is 2.00 bits per heavy atom. The number of hydrogen-bond donors (Lipinski definition) is 0. The van der Waals surface area contributed by atoms with Crippen LogP contribution in [-0.2, 0) is 11.3 Å². The molecule has 104 valence electrons. The van der Waals surface area contributed by atoms with E-state index in [-0.39, 0.29) is 11.8 Å². The highest BCUT2D eigenvalue weighted by atomic mass is 16.1. The van der Waals surface area contributed by atoms with E-state index in [1.165, 1.54) is 18.4 Å². The highest BCUT2D eigenvalue weighted by Gasteiger charge is 2.52. The third kappa shape index (κ3) is 2.36. The Kier molecular flexibility index (Phi) is 3.58. The molecule has 1 aliphatic heterocycles. The zero-order chi connectivity index (χ0) is 14.0. The lowest BCUT2D eigenvalue weighted by atomic mass is 9.62. The van der Waals surface area contributed by atoms with Crippen molar-refractivity contribution in [1.29, 1.82) is 5.26 Å². The fraction of sp³-hybridized carbons (Fsp3) is 0.529. The molecule has 0 spiro atoms. The summed E-state index contributed by atoms with van der Waals surface area (Å²) in [7, 11) is 0. The van der Waals surface area contributed by atoms with E-state index in [0.717, 1.165) is 19.5 Å². The molecule has 2 fully saturated rings. The van der Waals surface area contributed by atoms with E-state index in [1.807, 2.05) is 6.07 Å². The lowest BCUT2D eigenvalue weighted by Gasteiger charge is -2.48. The number of piperidine rings is 1. The maximum absolute atomic E-state index is 11.4. The number of nitriles is 1. The number of likely N-dealkylation sites (tertiary alicyclic amines) is 1. The number of rotatable bonds is 3. The molecular weight excluding hydrogens is 248 g/mol. The maximum Gasteiger partial charge on any atom is 0.136 e. The number of ketones is 1. The van der Waals surface area contributed by atoms with Crippen LogP contribution in [0.1, 0.15) is 37.7 Å². The molecule has 1 unspecified atom stereocenters. The molecule has 1 atom stereocenters. The van der Waals surface area contributed by atoms with Gasteiger partial charge in [0.25, 0.3) is 0 Å². The summed E-state index contributed by atoms with van der Waals surface area (Å²) in [5, 5.41) is 9.56. The number of nitrogens with zero attached hydrogens (tertiary/aromatic N) is 2. The van der Waals surface area contributed by atoms with Crippen molar-refractivity contribution in [3.63, 3.8) is 0 Å². The first-order chi connectivity index (χ1) is 9.73. The molecular formula is C17H20N2O. The van der Waals surface area contributed by atoms with Crippen LogP contribution in [0.15, 0.2) is 30.3 Å². The van der Waals surface area contributed by atoms with Gasteiger partial charge < -0.3 is 0 Å². The molecule has 1 heterocycles. The fourth-order valence-electron chi connectivity index (χ4n) is 3.67. The smallest absolute Gasteiger partial charge is 0.136 e. The molecule has 0 amide bonds. The minimum atomic E-state index is -0.410. The highest BCUT2D eigenvalue weighted by Crippen LogP contribution is 2.46. The van der Waals surface area contributed by atoms with Crippen molar-refractivity contribution in [3.05, 3.63) is 35.9 Å². The Morgan fingerprint density at radius 1 is 1.25 bits per heavy atom.